The van der Waals surface area contributed by atoms with E-state index in [9.17, 15) is 4.79 Å². The Morgan fingerprint density at radius 1 is 1.22 bits per heavy atom. The lowest BCUT2D eigenvalue weighted by Crippen LogP contribution is -1.94. The van der Waals surface area contributed by atoms with Crippen molar-refractivity contribution < 1.29 is 4.42 Å². The average Bonchev–Trinajstić information content (AvgIpc) is 1.59. The first-order valence-electron chi connectivity index (χ1n) is 2.15. The lowest BCUT2D eigenvalue weighted by atomic mass is 10.5. The van der Waals surface area contributed by atoms with Gasteiger partial charge in [0.15, 0.2) is 14.8 Å². The van der Waals surface area contributed by atoms with Gasteiger partial charge in [-0.05, 0) is 31.9 Å². The van der Waals surface area contributed by atoms with Crippen LogP contribution in [0.2, 0.25) is 0 Å². The summed E-state index contributed by atoms with van der Waals surface area (Å²) in [4.78, 5) is 10.6. The van der Waals surface area contributed by atoms with E-state index in [1.165, 1.54) is 12.1 Å². The van der Waals surface area contributed by atoms with Crippen molar-refractivity contribution in [2.24, 2.45) is 0 Å². The normalized spacial score (nSPS) is 9.56. The Kier molecular flexibility index (Phi) is 2.08. The van der Waals surface area contributed by atoms with Crippen LogP contribution in [0.5, 0.6) is 0 Å². The summed E-state index contributed by atoms with van der Waals surface area (Å²) in [7, 11) is 0. The third-order valence-electron chi connectivity index (χ3n) is 0.706. The minimum Gasteiger partial charge on any atom is -0.442 e. The molecule has 9 heavy (non-hydrogen) atoms. The molecule has 2 nitrogen and oxygen atoms in total. The lowest BCUT2D eigenvalue weighted by molar-refractivity contribution is 0.495. The highest BCUT2D eigenvalue weighted by atomic mass is 79.9. The number of halogens is 2. The Hall–Kier alpha value is -0.0900. The topological polar surface area (TPSA) is 30.2 Å². The third kappa shape index (κ3) is 1.95. The molecule has 1 aromatic heterocycles. The second kappa shape index (κ2) is 2.66. The van der Waals surface area contributed by atoms with Crippen LogP contribution in [-0.2, 0) is 0 Å². The summed E-state index contributed by atoms with van der Waals surface area (Å²) in [5.41, 5.74) is -0.0833. The molecule has 0 radical (unpaired) electrons. The summed E-state index contributed by atoms with van der Waals surface area (Å²) >= 11 is 6.03. The molecule has 0 saturated carbocycles. The molecule has 0 aromatic carbocycles. The fourth-order valence-corrected chi connectivity index (χ4v) is 1.43. The van der Waals surface area contributed by atoms with E-state index in [1.54, 1.807) is 0 Å². The molecule has 0 atom stereocenters. The number of rotatable bonds is 0. The molecule has 48 valence electrons. The maximum atomic E-state index is 10.6. The summed E-state index contributed by atoms with van der Waals surface area (Å²) in [6.07, 6.45) is 0. The van der Waals surface area contributed by atoms with Gasteiger partial charge in [-0.2, -0.15) is 0 Å². The molecule has 0 N–H and O–H groups in total. The largest absolute Gasteiger partial charge is 0.442 e. The Morgan fingerprint density at radius 3 is 2.00 bits per heavy atom. The molecule has 1 heterocycles. The van der Waals surface area contributed by atoms with Gasteiger partial charge in [-0.15, -0.1) is 0 Å². The molecule has 0 saturated heterocycles. The SMILES string of the molecule is O=c1cc(Br)oc(Br)c1. The van der Waals surface area contributed by atoms with Crippen molar-refractivity contribution in [2.75, 3.05) is 0 Å². The highest BCUT2D eigenvalue weighted by molar-refractivity contribution is 9.11. The van der Waals surface area contributed by atoms with Gasteiger partial charge in [0.1, 0.15) is 0 Å². The molecule has 0 aliphatic carbocycles. The van der Waals surface area contributed by atoms with E-state index >= 15 is 0 Å². The predicted molar refractivity (Wildman–Crippen MR) is 40.4 cm³/mol. The molecule has 0 bridgehead atoms. The van der Waals surface area contributed by atoms with Gasteiger partial charge in [-0.1, -0.05) is 0 Å². The van der Waals surface area contributed by atoms with E-state index in [2.05, 4.69) is 31.9 Å². The minimum atomic E-state index is -0.0833. The zero-order chi connectivity index (χ0) is 6.85. The van der Waals surface area contributed by atoms with E-state index in [4.69, 9.17) is 4.42 Å². The van der Waals surface area contributed by atoms with Crippen molar-refractivity contribution in [3.63, 3.8) is 0 Å². The van der Waals surface area contributed by atoms with E-state index in [0.717, 1.165) is 0 Å². The zero-order valence-corrected chi connectivity index (χ0v) is 7.40. The molecule has 4 heteroatoms. The minimum absolute atomic E-state index is 0.0833. The van der Waals surface area contributed by atoms with Crippen molar-refractivity contribution in [3.05, 3.63) is 31.7 Å². The third-order valence-corrected chi connectivity index (χ3v) is 1.49. The zero-order valence-electron chi connectivity index (χ0n) is 4.23. The van der Waals surface area contributed by atoms with Gasteiger partial charge >= 0.3 is 0 Å². The number of hydrogen-bond donors (Lipinski definition) is 0. The Morgan fingerprint density at radius 2 is 1.67 bits per heavy atom. The van der Waals surface area contributed by atoms with Gasteiger partial charge in [0.25, 0.3) is 0 Å². The van der Waals surface area contributed by atoms with Crippen molar-refractivity contribution in [1.82, 2.24) is 0 Å². The fourth-order valence-electron chi connectivity index (χ4n) is 0.417. The van der Waals surface area contributed by atoms with Crippen LogP contribution in [0.15, 0.2) is 30.7 Å². The molecule has 0 spiro atoms. The van der Waals surface area contributed by atoms with E-state index in [1.807, 2.05) is 0 Å². The van der Waals surface area contributed by atoms with Crippen LogP contribution in [0.1, 0.15) is 0 Å². The summed E-state index contributed by atoms with van der Waals surface area (Å²) in [5, 5.41) is 0. The monoisotopic (exact) mass is 252 g/mol. The summed E-state index contributed by atoms with van der Waals surface area (Å²) in [6, 6.07) is 2.70. The van der Waals surface area contributed by atoms with Crippen LogP contribution < -0.4 is 5.43 Å². The van der Waals surface area contributed by atoms with E-state index in [-0.39, 0.29) is 5.43 Å². The van der Waals surface area contributed by atoms with Crippen LogP contribution in [0.25, 0.3) is 0 Å². The first-order valence-corrected chi connectivity index (χ1v) is 3.73. The van der Waals surface area contributed by atoms with Crippen LogP contribution in [-0.4, -0.2) is 0 Å². The first-order chi connectivity index (χ1) is 4.18. The molecule has 0 amide bonds. The van der Waals surface area contributed by atoms with Gasteiger partial charge in [0, 0.05) is 12.1 Å². The fraction of sp³-hybridized carbons (Fsp3) is 0. The highest BCUT2D eigenvalue weighted by Crippen LogP contribution is 2.12. The van der Waals surface area contributed by atoms with Crippen molar-refractivity contribution in [2.45, 2.75) is 0 Å². The molecule has 1 aromatic rings. The van der Waals surface area contributed by atoms with Crippen molar-refractivity contribution in [1.29, 1.82) is 0 Å². The van der Waals surface area contributed by atoms with Gasteiger partial charge in [0.2, 0.25) is 0 Å². The van der Waals surface area contributed by atoms with E-state index < -0.39 is 0 Å². The van der Waals surface area contributed by atoms with Gasteiger partial charge < -0.3 is 4.42 Å². The van der Waals surface area contributed by atoms with Crippen LogP contribution in [0.3, 0.4) is 0 Å². The first kappa shape index (κ1) is 7.02. The molecular formula is C5H2Br2O2. The van der Waals surface area contributed by atoms with Crippen LogP contribution in [0, 0.1) is 0 Å². The smallest absolute Gasteiger partial charge is 0.187 e. The van der Waals surface area contributed by atoms with Crippen molar-refractivity contribution >= 4 is 31.9 Å². The summed E-state index contributed by atoms with van der Waals surface area (Å²) in [5.74, 6) is 0. The molecule has 0 unspecified atom stereocenters. The van der Waals surface area contributed by atoms with Gasteiger partial charge in [-0.3, -0.25) is 4.79 Å². The summed E-state index contributed by atoms with van der Waals surface area (Å²) < 4.78 is 5.76. The van der Waals surface area contributed by atoms with Gasteiger partial charge in [-0.25, -0.2) is 0 Å². The Balaban J connectivity index is 3.33. The number of hydrogen-bond acceptors (Lipinski definition) is 2. The lowest BCUT2D eigenvalue weighted by Gasteiger charge is -1.87. The molecule has 0 aliphatic rings. The molecule has 1 rings (SSSR count). The standard InChI is InChI=1S/C5H2Br2O2/c6-4-1-3(8)2-5(7)9-4/h1-2H. The second-order valence-electron chi connectivity index (χ2n) is 1.40. The molecular weight excluding hydrogens is 252 g/mol. The molecule has 0 aliphatic heterocycles. The Labute approximate surface area is 68.1 Å². The Bertz CT molecular complexity index is 243. The van der Waals surface area contributed by atoms with Crippen LogP contribution in [0.4, 0.5) is 0 Å². The summed E-state index contributed by atoms with van der Waals surface area (Å²) in [6.45, 7) is 0. The van der Waals surface area contributed by atoms with Crippen molar-refractivity contribution in [3.8, 4) is 0 Å². The van der Waals surface area contributed by atoms with E-state index in [0.29, 0.717) is 9.34 Å². The average molecular weight is 254 g/mol. The quantitative estimate of drug-likeness (QED) is 0.710. The maximum Gasteiger partial charge on any atom is 0.187 e. The maximum absolute atomic E-state index is 10.6. The van der Waals surface area contributed by atoms with Gasteiger partial charge in [0.05, 0.1) is 0 Å². The molecule has 0 fully saturated rings. The van der Waals surface area contributed by atoms with Crippen LogP contribution >= 0.6 is 31.9 Å². The second-order valence-corrected chi connectivity index (χ2v) is 2.96. The predicted octanol–water partition coefficient (Wildman–Crippen LogP) is 2.16. The highest BCUT2D eigenvalue weighted by Gasteiger charge is 1.93.